The number of amides is 3. The molecule has 0 aromatic heterocycles. The predicted octanol–water partition coefficient (Wildman–Crippen LogP) is -0.265. The van der Waals surface area contributed by atoms with Crippen LogP contribution in [0.5, 0.6) is 0 Å². The van der Waals surface area contributed by atoms with Crippen LogP contribution in [0.15, 0.2) is 18.2 Å². The van der Waals surface area contributed by atoms with Crippen molar-refractivity contribution in [3.63, 3.8) is 0 Å². The lowest BCUT2D eigenvalue weighted by atomic mass is 10.1. The van der Waals surface area contributed by atoms with Crippen LogP contribution in [0, 0.1) is 10.1 Å². The molecular weight excluding hydrogens is 280 g/mol. The summed E-state index contributed by atoms with van der Waals surface area (Å²) in [5.41, 5.74) is 0.174. The smallest absolute Gasteiger partial charge is 0.292 e. The van der Waals surface area contributed by atoms with Crippen molar-refractivity contribution in [2.45, 2.75) is 0 Å². The van der Waals surface area contributed by atoms with Crippen molar-refractivity contribution >= 4 is 29.1 Å². The molecule has 0 radical (unpaired) electrons. The minimum absolute atomic E-state index is 0.160. The third kappa shape index (κ3) is 2.96. The van der Waals surface area contributed by atoms with Crippen LogP contribution in [-0.2, 0) is 9.59 Å². The van der Waals surface area contributed by atoms with Gasteiger partial charge in [0.2, 0.25) is 11.8 Å². The Hall–Kier alpha value is -2.97. The molecule has 2 rings (SSSR count). The number of hydrogen-bond donors (Lipinski definition) is 2. The van der Waals surface area contributed by atoms with Crippen LogP contribution in [0.2, 0.25) is 0 Å². The summed E-state index contributed by atoms with van der Waals surface area (Å²) in [7, 11) is 1.49. The highest BCUT2D eigenvalue weighted by Gasteiger charge is 2.28. The van der Waals surface area contributed by atoms with Crippen molar-refractivity contribution in [2.24, 2.45) is 0 Å². The SMILES string of the molecule is CNc1cc(C(=O)N2CC(=O)NC(=O)C2)ccc1[N+](=O)[O-]. The van der Waals surface area contributed by atoms with Crippen LogP contribution in [0.4, 0.5) is 11.4 Å². The van der Waals surface area contributed by atoms with Crippen molar-refractivity contribution in [2.75, 3.05) is 25.5 Å². The van der Waals surface area contributed by atoms with Crippen LogP contribution >= 0.6 is 0 Å². The lowest BCUT2D eigenvalue weighted by molar-refractivity contribution is -0.383. The number of carbonyl (C=O) groups is 3. The minimum atomic E-state index is -0.571. The molecule has 21 heavy (non-hydrogen) atoms. The Kier molecular flexibility index (Phi) is 3.83. The normalized spacial score (nSPS) is 14.6. The van der Waals surface area contributed by atoms with Crippen molar-refractivity contribution < 1.29 is 19.3 Å². The summed E-state index contributed by atoms with van der Waals surface area (Å²) in [5.74, 6) is -1.66. The van der Waals surface area contributed by atoms with E-state index in [1.807, 2.05) is 0 Å². The Labute approximate surface area is 119 Å². The second-order valence-corrected chi connectivity index (χ2v) is 4.37. The van der Waals surface area contributed by atoms with Gasteiger partial charge in [0.25, 0.3) is 11.6 Å². The Bertz CT molecular complexity index is 627. The van der Waals surface area contributed by atoms with Crippen molar-refractivity contribution in [1.29, 1.82) is 0 Å². The molecule has 1 heterocycles. The first-order valence-corrected chi connectivity index (χ1v) is 6.00. The van der Waals surface area contributed by atoms with Crippen LogP contribution in [0.3, 0.4) is 0 Å². The van der Waals surface area contributed by atoms with E-state index in [2.05, 4.69) is 10.6 Å². The molecular formula is C12H12N4O5. The first-order valence-electron chi connectivity index (χ1n) is 6.00. The summed E-state index contributed by atoms with van der Waals surface area (Å²) in [6.45, 7) is -0.451. The molecule has 1 fully saturated rings. The Morgan fingerprint density at radius 3 is 2.48 bits per heavy atom. The lowest BCUT2D eigenvalue weighted by Crippen LogP contribution is -2.53. The van der Waals surface area contributed by atoms with E-state index in [-0.39, 0.29) is 30.0 Å². The predicted molar refractivity (Wildman–Crippen MR) is 71.7 cm³/mol. The van der Waals surface area contributed by atoms with Crippen LogP contribution in [-0.4, -0.2) is 47.7 Å². The van der Waals surface area contributed by atoms with E-state index < -0.39 is 22.6 Å². The van der Waals surface area contributed by atoms with E-state index in [1.165, 1.54) is 25.2 Å². The van der Waals surface area contributed by atoms with Gasteiger partial charge in [0.05, 0.1) is 4.92 Å². The highest BCUT2D eigenvalue weighted by Crippen LogP contribution is 2.25. The van der Waals surface area contributed by atoms with Crippen molar-refractivity contribution in [1.82, 2.24) is 10.2 Å². The zero-order valence-corrected chi connectivity index (χ0v) is 11.1. The zero-order valence-electron chi connectivity index (χ0n) is 11.1. The van der Waals surface area contributed by atoms with Crippen molar-refractivity contribution in [3.05, 3.63) is 33.9 Å². The van der Waals surface area contributed by atoms with Gasteiger partial charge < -0.3 is 10.2 Å². The zero-order chi connectivity index (χ0) is 15.6. The number of imide groups is 1. The average molecular weight is 292 g/mol. The summed E-state index contributed by atoms with van der Waals surface area (Å²) < 4.78 is 0. The molecule has 0 atom stereocenters. The van der Waals surface area contributed by atoms with Gasteiger partial charge in [-0.25, -0.2) is 0 Å². The third-order valence-electron chi connectivity index (χ3n) is 2.94. The van der Waals surface area contributed by atoms with Gasteiger partial charge in [-0.3, -0.25) is 29.8 Å². The molecule has 0 saturated carbocycles. The fraction of sp³-hybridized carbons (Fsp3) is 0.250. The van der Waals surface area contributed by atoms with Gasteiger partial charge in [-0.2, -0.15) is 0 Å². The Morgan fingerprint density at radius 2 is 1.95 bits per heavy atom. The maximum Gasteiger partial charge on any atom is 0.292 e. The van der Waals surface area contributed by atoms with Gasteiger partial charge in [-0.15, -0.1) is 0 Å². The van der Waals surface area contributed by atoms with Crippen molar-refractivity contribution in [3.8, 4) is 0 Å². The van der Waals surface area contributed by atoms with Gasteiger partial charge in [-0.05, 0) is 12.1 Å². The molecule has 1 aromatic carbocycles. The van der Waals surface area contributed by atoms with Gasteiger partial charge in [0, 0.05) is 18.7 Å². The molecule has 3 amide bonds. The van der Waals surface area contributed by atoms with Gasteiger partial charge >= 0.3 is 0 Å². The Morgan fingerprint density at radius 1 is 1.33 bits per heavy atom. The maximum atomic E-state index is 12.2. The van der Waals surface area contributed by atoms with E-state index >= 15 is 0 Å². The lowest BCUT2D eigenvalue weighted by Gasteiger charge is -2.25. The van der Waals surface area contributed by atoms with E-state index in [0.29, 0.717) is 0 Å². The number of benzene rings is 1. The maximum absolute atomic E-state index is 12.2. The van der Waals surface area contributed by atoms with E-state index in [1.54, 1.807) is 0 Å². The Balaban J connectivity index is 2.29. The summed E-state index contributed by atoms with van der Waals surface area (Å²) in [5, 5.41) is 15.5. The molecule has 110 valence electrons. The standard InChI is InChI=1S/C12H12N4O5/c1-13-8-4-7(2-3-9(8)16(20)21)12(19)15-5-10(17)14-11(18)6-15/h2-4,13H,5-6H2,1H3,(H,14,17,18). The molecule has 0 unspecified atom stereocenters. The number of nitrogens with zero attached hydrogens (tertiary/aromatic N) is 2. The first-order chi connectivity index (χ1) is 9.92. The fourth-order valence-corrected chi connectivity index (χ4v) is 1.99. The molecule has 1 aliphatic heterocycles. The summed E-state index contributed by atoms with van der Waals surface area (Å²) in [4.78, 5) is 46.1. The molecule has 9 heteroatoms. The number of hydrogen-bond acceptors (Lipinski definition) is 6. The first kappa shape index (κ1) is 14.4. The van der Waals surface area contributed by atoms with Crippen LogP contribution in [0.1, 0.15) is 10.4 Å². The van der Waals surface area contributed by atoms with E-state index in [9.17, 15) is 24.5 Å². The molecule has 1 aromatic rings. The highest BCUT2D eigenvalue weighted by molar-refractivity contribution is 6.06. The quantitative estimate of drug-likeness (QED) is 0.449. The van der Waals surface area contributed by atoms with Crippen LogP contribution in [0.25, 0.3) is 0 Å². The van der Waals surface area contributed by atoms with E-state index in [0.717, 1.165) is 4.90 Å². The fourth-order valence-electron chi connectivity index (χ4n) is 1.99. The topological polar surface area (TPSA) is 122 Å². The van der Waals surface area contributed by atoms with Gasteiger partial charge in [0.15, 0.2) is 0 Å². The molecule has 0 spiro atoms. The monoisotopic (exact) mass is 292 g/mol. The largest absolute Gasteiger partial charge is 0.383 e. The number of anilines is 1. The number of piperazine rings is 1. The minimum Gasteiger partial charge on any atom is -0.383 e. The van der Waals surface area contributed by atoms with Gasteiger partial charge in [-0.1, -0.05) is 0 Å². The molecule has 1 saturated heterocycles. The van der Waals surface area contributed by atoms with E-state index in [4.69, 9.17) is 0 Å². The van der Waals surface area contributed by atoms with Gasteiger partial charge in [0.1, 0.15) is 18.8 Å². The second kappa shape index (κ2) is 5.57. The number of rotatable bonds is 3. The number of nitrogens with one attached hydrogen (secondary N) is 2. The average Bonchev–Trinajstić information content (AvgIpc) is 2.44. The summed E-state index contributed by atoms with van der Waals surface area (Å²) in [6.07, 6.45) is 0. The summed E-state index contributed by atoms with van der Waals surface area (Å²) >= 11 is 0. The highest BCUT2D eigenvalue weighted by atomic mass is 16.6. The number of carbonyl (C=O) groups excluding carboxylic acids is 3. The van der Waals surface area contributed by atoms with Crippen LogP contribution < -0.4 is 10.6 Å². The number of nitro benzene ring substituents is 1. The number of nitro groups is 1. The third-order valence-corrected chi connectivity index (χ3v) is 2.94. The molecule has 0 aliphatic carbocycles. The summed E-state index contributed by atoms with van der Waals surface area (Å²) in [6, 6.07) is 3.81. The molecule has 0 bridgehead atoms. The molecule has 2 N–H and O–H groups in total. The second-order valence-electron chi connectivity index (χ2n) is 4.37. The molecule has 9 nitrogen and oxygen atoms in total. The molecule has 1 aliphatic rings.